The van der Waals surface area contributed by atoms with E-state index in [1.165, 1.54) is 28.4 Å². The molecular weight excluding hydrogens is 305 g/mol. The van der Waals surface area contributed by atoms with E-state index in [2.05, 4.69) is 0 Å². The highest BCUT2D eigenvalue weighted by atomic mass is 32.1. The number of carboxylic acid groups (broad SMARTS) is 1. The molecule has 2 aromatic rings. The van der Waals surface area contributed by atoms with Gasteiger partial charge < -0.3 is 10.0 Å². The Hall–Kier alpha value is -2.21. The van der Waals surface area contributed by atoms with E-state index in [9.17, 15) is 14.0 Å². The first-order chi connectivity index (χ1) is 10.5. The number of carbonyl (C=O) groups is 2. The van der Waals surface area contributed by atoms with Gasteiger partial charge >= 0.3 is 5.97 Å². The summed E-state index contributed by atoms with van der Waals surface area (Å²) in [5.41, 5.74) is 0.860. The molecule has 0 radical (unpaired) electrons. The van der Waals surface area contributed by atoms with Crippen molar-refractivity contribution >= 4 is 23.2 Å². The van der Waals surface area contributed by atoms with Crippen molar-refractivity contribution in [1.29, 1.82) is 0 Å². The lowest BCUT2D eigenvalue weighted by molar-refractivity contribution is -0.137. The first-order valence-corrected chi connectivity index (χ1v) is 7.62. The predicted octanol–water partition coefficient (Wildman–Crippen LogP) is 3.49. The minimum Gasteiger partial charge on any atom is -0.481 e. The molecule has 1 aromatic carbocycles. The molecule has 116 valence electrons. The molecule has 6 heteroatoms. The van der Waals surface area contributed by atoms with Gasteiger partial charge in [-0.25, -0.2) is 4.39 Å². The maximum atomic E-state index is 12.9. The maximum Gasteiger partial charge on any atom is 0.303 e. The van der Waals surface area contributed by atoms with Crippen LogP contribution in [0.25, 0.3) is 10.4 Å². The number of halogens is 1. The fourth-order valence-corrected chi connectivity index (χ4v) is 2.99. The molecule has 0 atom stereocenters. The first kappa shape index (κ1) is 16.2. The fraction of sp³-hybridized carbons (Fsp3) is 0.250. The summed E-state index contributed by atoms with van der Waals surface area (Å²) >= 11 is 1.34. The first-order valence-electron chi connectivity index (χ1n) is 6.80. The molecule has 2 rings (SSSR count). The minimum absolute atomic E-state index is 0.0445. The molecule has 0 aliphatic heterocycles. The van der Waals surface area contributed by atoms with Crippen molar-refractivity contribution in [2.24, 2.45) is 0 Å². The lowest BCUT2D eigenvalue weighted by Gasteiger charge is -2.15. The number of hydrogen-bond donors (Lipinski definition) is 1. The van der Waals surface area contributed by atoms with Gasteiger partial charge in [-0.15, -0.1) is 11.3 Å². The van der Waals surface area contributed by atoms with Gasteiger partial charge in [0.25, 0.3) is 5.91 Å². The molecule has 0 aliphatic rings. The number of aliphatic carboxylic acids is 1. The van der Waals surface area contributed by atoms with Crippen molar-refractivity contribution in [3.05, 3.63) is 47.1 Å². The average Bonchev–Trinajstić information content (AvgIpc) is 2.96. The lowest BCUT2D eigenvalue weighted by Crippen LogP contribution is -2.27. The minimum atomic E-state index is -0.865. The van der Waals surface area contributed by atoms with Crippen molar-refractivity contribution < 1.29 is 19.1 Å². The molecule has 4 nitrogen and oxygen atoms in total. The van der Waals surface area contributed by atoms with Gasteiger partial charge in [-0.05, 0) is 36.2 Å². The third kappa shape index (κ3) is 4.14. The topological polar surface area (TPSA) is 57.6 Å². The molecule has 0 bridgehead atoms. The quantitative estimate of drug-likeness (QED) is 0.886. The second-order valence-electron chi connectivity index (χ2n) is 4.89. The number of carboxylic acids is 1. The number of thiophene rings is 1. The monoisotopic (exact) mass is 321 g/mol. The maximum absolute atomic E-state index is 12.9. The van der Waals surface area contributed by atoms with Crippen LogP contribution in [0.4, 0.5) is 4.39 Å². The normalized spacial score (nSPS) is 10.5. The summed E-state index contributed by atoms with van der Waals surface area (Å²) in [5.74, 6) is -1.30. The van der Waals surface area contributed by atoms with Gasteiger partial charge in [-0.2, -0.15) is 0 Å². The highest BCUT2D eigenvalue weighted by Gasteiger charge is 2.15. The molecule has 0 unspecified atom stereocenters. The Morgan fingerprint density at radius 1 is 1.18 bits per heavy atom. The second-order valence-corrected chi connectivity index (χ2v) is 5.98. The Kier molecular flexibility index (Phi) is 5.27. The third-order valence-electron chi connectivity index (χ3n) is 3.18. The Labute approximate surface area is 131 Å². The lowest BCUT2D eigenvalue weighted by atomic mass is 10.2. The molecule has 1 heterocycles. The summed E-state index contributed by atoms with van der Waals surface area (Å²) in [6.45, 7) is 0.398. The van der Waals surface area contributed by atoms with Crippen LogP contribution in [-0.2, 0) is 4.79 Å². The van der Waals surface area contributed by atoms with Gasteiger partial charge in [0.2, 0.25) is 0 Å². The van der Waals surface area contributed by atoms with Crippen molar-refractivity contribution in [2.45, 2.75) is 12.8 Å². The van der Waals surface area contributed by atoms with Gasteiger partial charge in [0.05, 0.1) is 4.88 Å². The Bertz CT molecular complexity index is 666. The molecule has 22 heavy (non-hydrogen) atoms. The van der Waals surface area contributed by atoms with Crippen molar-refractivity contribution in [3.63, 3.8) is 0 Å². The van der Waals surface area contributed by atoms with E-state index in [4.69, 9.17) is 5.11 Å². The molecule has 1 N–H and O–H groups in total. The van der Waals surface area contributed by atoms with Crippen LogP contribution < -0.4 is 0 Å². The molecule has 0 saturated heterocycles. The van der Waals surface area contributed by atoms with Crippen LogP contribution in [0.15, 0.2) is 36.4 Å². The Balaban J connectivity index is 2.02. The summed E-state index contributed by atoms with van der Waals surface area (Å²) in [5, 5.41) is 8.60. The zero-order valence-corrected chi connectivity index (χ0v) is 12.9. The fourth-order valence-electron chi connectivity index (χ4n) is 1.98. The summed E-state index contributed by atoms with van der Waals surface area (Å²) < 4.78 is 12.9. The number of carbonyl (C=O) groups excluding carboxylic acids is 1. The smallest absolute Gasteiger partial charge is 0.303 e. The summed E-state index contributed by atoms with van der Waals surface area (Å²) in [6, 6.07) is 9.68. The molecule has 0 fully saturated rings. The average molecular weight is 321 g/mol. The third-order valence-corrected chi connectivity index (χ3v) is 4.30. The van der Waals surface area contributed by atoms with Crippen LogP contribution in [0, 0.1) is 5.82 Å². The number of benzene rings is 1. The van der Waals surface area contributed by atoms with E-state index in [-0.39, 0.29) is 18.1 Å². The van der Waals surface area contributed by atoms with Gasteiger partial charge in [0.15, 0.2) is 0 Å². The number of rotatable bonds is 6. The van der Waals surface area contributed by atoms with Gasteiger partial charge in [0, 0.05) is 24.9 Å². The van der Waals surface area contributed by atoms with Crippen molar-refractivity contribution in [2.75, 3.05) is 13.6 Å². The molecular formula is C16H16FNO3S. The van der Waals surface area contributed by atoms with Crippen LogP contribution in [0.5, 0.6) is 0 Å². The zero-order valence-electron chi connectivity index (χ0n) is 12.1. The Morgan fingerprint density at radius 3 is 2.50 bits per heavy atom. The number of nitrogens with zero attached hydrogens (tertiary/aromatic N) is 1. The highest BCUT2D eigenvalue weighted by Crippen LogP contribution is 2.28. The van der Waals surface area contributed by atoms with Crippen molar-refractivity contribution in [1.82, 2.24) is 4.90 Å². The number of amides is 1. The SMILES string of the molecule is CN(CCCC(=O)O)C(=O)c1ccc(-c2ccc(F)cc2)s1. The van der Waals surface area contributed by atoms with Gasteiger partial charge in [-0.1, -0.05) is 12.1 Å². The molecule has 1 aromatic heterocycles. The highest BCUT2D eigenvalue weighted by molar-refractivity contribution is 7.17. The molecule has 0 aliphatic carbocycles. The van der Waals surface area contributed by atoms with Gasteiger partial charge in [-0.3, -0.25) is 9.59 Å². The molecule has 0 saturated carbocycles. The van der Waals surface area contributed by atoms with Crippen LogP contribution in [-0.4, -0.2) is 35.5 Å². The van der Waals surface area contributed by atoms with E-state index < -0.39 is 5.97 Å². The summed E-state index contributed by atoms with van der Waals surface area (Å²) in [6.07, 6.45) is 0.469. The van der Waals surface area contributed by atoms with E-state index in [0.29, 0.717) is 17.8 Å². The summed E-state index contributed by atoms with van der Waals surface area (Å²) in [7, 11) is 1.65. The van der Waals surface area contributed by atoms with E-state index in [0.717, 1.165) is 10.4 Å². The van der Waals surface area contributed by atoms with Crippen LogP contribution in [0.3, 0.4) is 0 Å². The van der Waals surface area contributed by atoms with Crippen LogP contribution >= 0.6 is 11.3 Å². The molecule has 0 spiro atoms. The van der Waals surface area contributed by atoms with E-state index in [1.54, 1.807) is 25.2 Å². The predicted molar refractivity (Wildman–Crippen MR) is 83.5 cm³/mol. The number of hydrogen-bond acceptors (Lipinski definition) is 3. The van der Waals surface area contributed by atoms with Gasteiger partial charge in [0.1, 0.15) is 5.82 Å². The summed E-state index contributed by atoms with van der Waals surface area (Å²) in [4.78, 5) is 25.7. The Morgan fingerprint density at radius 2 is 1.86 bits per heavy atom. The van der Waals surface area contributed by atoms with Crippen molar-refractivity contribution in [3.8, 4) is 10.4 Å². The zero-order chi connectivity index (χ0) is 16.1. The van der Waals surface area contributed by atoms with Crippen LogP contribution in [0.2, 0.25) is 0 Å². The van der Waals surface area contributed by atoms with Crippen LogP contribution in [0.1, 0.15) is 22.5 Å². The standard InChI is InChI=1S/C16H16FNO3S/c1-18(10-2-3-15(19)20)16(21)14-9-8-13(22-14)11-4-6-12(17)7-5-11/h4-9H,2-3,10H2,1H3,(H,19,20). The molecule has 1 amide bonds. The second kappa shape index (κ2) is 7.17. The van der Waals surface area contributed by atoms with E-state index in [1.807, 2.05) is 6.07 Å². The largest absolute Gasteiger partial charge is 0.481 e. The van der Waals surface area contributed by atoms with E-state index >= 15 is 0 Å².